The molecule has 2 amide bonds. The van der Waals surface area contributed by atoms with E-state index in [0.717, 1.165) is 32.6 Å². The second-order valence-electron chi connectivity index (χ2n) is 6.73. The molecular formula is C15H25N3O3. The number of nitrogens with zero attached hydrogens (tertiary/aromatic N) is 2. The van der Waals surface area contributed by atoms with Gasteiger partial charge in [-0.1, -0.05) is 6.42 Å². The smallest absolute Gasteiger partial charge is 0.317 e. The van der Waals surface area contributed by atoms with E-state index >= 15 is 0 Å². The van der Waals surface area contributed by atoms with Gasteiger partial charge in [-0.05, 0) is 45.2 Å². The predicted octanol–water partition coefficient (Wildman–Crippen LogP) is 1.12. The Morgan fingerprint density at radius 1 is 1.14 bits per heavy atom. The zero-order chi connectivity index (χ0) is 14.9. The molecular weight excluding hydrogens is 270 g/mol. The van der Waals surface area contributed by atoms with Crippen molar-refractivity contribution in [2.75, 3.05) is 32.7 Å². The monoisotopic (exact) mass is 295 g/mol. The number of aliphatic carboxylic acids is 1. The lowest BCUT2D eigenvalue weighted by atomic mass is 10.1. The van der Waals surface area contributed by atoms with E-state index in [1.165, 1.54) is 19.3 Å². The highest BCUT2D eigenvalue weighted by Crippen LogP contribution is 2.45. The molecule has 2 N–H and O–H groups in total. The van der Waals surface area contributed by atoms with Crippen LogP contribution in [0.25, 0.3) is 0 Å². The molecule has 2 aliphatic heterocycles. The van der Waals surface area contributed by atoms with Gasteiger partial charge in [-0.2, -0.15) is 0 Å². The first kappa shape index (κ1) is 14.6. The van der Waals surface area contributed by atoms with Gasteiger partial charge in [0.2, 0.25) is 0 Å². The summed E-state index contributed by atoms with van der Waals surface area (Å²) in [6, 6.07) is 0.396. The number of hydrogen-bond acceptors (Lipinski definition) is 3. The van der Waals surface area contributed by atoms with Crippen LogP contribution in [0.3, 0.4) is 0 Å². The van der Waals surface area contributed by atoms with Crippen molar-refractivity contribution in [3.8, 4) is 0 Å². The highest BCUT2D eigenvalue weighted by atomic mass is 16.4. The maximum atomic E-state index is 12.2. The van der Waals surface area contributed by atoms with Gasteiger partial charge < -0.3 is 15.3 Å². The molecule has 3 aliphatic rings. The maximum Gasteiger partial charge on any atom is 0.317 e. The Labute approximate surface area is 125 Å². The fourth-order valence-corrected chi connectivity index (χ4v) is 3.48. The third-order valence-electron chi connectivity index (χ3n) is 5.24. The summed E-state index contributed by atoms with van der Waals surface area (Å²) in [6.45, 7) is 4.15. The quantitative estimate of drug-likeness (QED) is 0.815. The number of carboxylic acids is 1. The van der Waals surface area contributed by atoms with Crippen LogP contribution < -0.4 is 5.32 Å². The molecule has 0 spiro atoms. The molecule has 1 atom stereocenters. The minimum atomic E-state index is -0.782. The number of urea groups is 1. The molecule has 0 aromatic rings. The van der Waals surface area contributed by atoms with Crippen LogP contribution in [0.1, 0.15) is 38.5 Å². The highest BCUT2D eigenvalue weighted by molar-refractivity contribution is 5.80. The van der Waals surface area contributed by atoms with Gasteiger partial charge in [-0.3, -0.25) is 9.69 Å². The molecule has 3 fully saturated rings. The van der Waals surface area contributed by atoms with Crippen LogP contribution in [0.15, 0.2) is 0 Å². The number of nitrogens with one attached hydrogen (secondary N) is 1. The summed E-state index contributed by atoms with van der Waals surface area (Å²) in [5, 5.41) is 11.9. The number of carbonyl (C=O) groups excluding carboxylic acids is 1. The first-order chi connectivity index (χ1) is 10.1. The van der Waals surface area contributed by atoms with Crippen LogP contribution in [0.2, 0.25) is 0 Å². The van der Waals surface area contributed by atoms with Crippen molar-refractivity contribution in [1.82, 2.24) is 15.1 Å². The minimum Gasteiger partial charge on any atom is -0.481 e. The minimum absolute atomic E-state index is 0.0953. The van der Waals surface area contributed by atoms with Gasteiger partial charge in [-0.25, -0.2) is 4.79 Å². The molecule has 0 bridgehead atoms. The molecule has 1 saturated carbocycles. The average molecular weight is 295 g/mol. The zero-order valence-corrected chi connectivity index (χ0v) is 12.5. The fraction of sp³-hybridized carbons (Fsp3) is 0.867. The van der Waals surface area contributed by atoms with Crippen LogP contribution in [0.5, 0.6) is 0 Å². The van der Waals surface area contributed by atoms with Crippen molar-refractivity contribution in [2.24, 2.45) is 5.41 Å². The molecule has 6 heteroatoms. The summed E-state index contributed by atoms with van der Waals surface area (Å²) in [7, 11) is 0. The number of hydrogen-bond donors (Lipinski definition) is 2. The molecule has 0 aromatic heterocycles. The number of amides is 2. The van der Waals surface area contributed by atoms with Crippen LogP contribution in [-0.4, -0.2) is 65.7 Å². The Morgan fingerprint density at radius 2 is 1.86 bits per heavy atom. The second kappa shape index (κ2) is 5.83. The van der Waals surface area contributed by atoms with Gasteiger partial charge in [-0.15, -0.1) is 0 Å². The SMILES string of the molecule is O=C(NCC1(C(=O)O)CC1)N1CCC(N2CCCCC2)C1. The summed E-state index contributed by atoms with van der Waals surface area (Å²) in [5.74, 6) is -0.782. The van der Waals surface area contributed by atoms with Crippen molar-refractivity contribution >= 4 is 12.0 Å². The Morgan fingerprint density at radius 3 is 2.48 bits per heavy atom. The molecule has 1 unspecified atom stereocenters. The van der Waals surface area contributed by atoms with Gasteiger partial charge in [0.25, 0.3) is 0 Å². The molecule has 118 valence electrons. The lowest BCUT2D eigenvalue weighted by Crippen LogP contribution is -2.45. The molecule has 6 nitrogen and oxygen atoms in total. The van der Waals surface area contributed by atoms with E-state index in [2.05, 4.69) is 10.2 Å². The van der Waals surface area contributed by atoms with E-state index in [1.54, 1.807) is 0 Å². The van der Waals surface area contributed by atoms with Crippen molar-refractivity contribution in [2.45, 2.75) is 44.6 Å². The first-order valence-electron chi connectivity index (χ1n) is 8.11. The average Bonchev–Trinajstić information content (AvgIpc) is 3.14. The predicted molar refractivity (Wildman–Crippen MR) is 78.1 cm³/mol. The maximum absolute atomic E-state index is 12.2. The normalized spacial score (nSPS) is 28.4. The number of rotatable bonds is 4. The number of carboxylic acid groups (broad SMARTS) is 1. The van der Waals surface area contributed by atoms with Gasteiger partial charge in [0.15, 0.2) is 0 Å². The summed E-state index contributed by atoms with van der Waals surface area (Å²) in [5.41, 5.74) is -0.679. The molecule has 0 radical (unpaired) electrons. The van der Waals surface area contributed by atoms with Gasteiger partial charge in [0.1, 0.15) is 0 Å². The lowest BCUT2D eigenvalue weighted by molar-refractivity contribution is -0.143. The molecule has 2 saturated heterocycles. The summed E-state index contributed by atoms with van der Waals surface area (Å²) >= 11 is 0. The molecule has 21 heavy (non-hydrogen) atoms. The Hall–Kier alpha value is -1.30. The molecule has 0 aromatic carbocycles. The molecule has 3 rings (SSSR count). The second-order valence-corrected chi connectivity index (χ2v) is 6.73. The summed E-state index contributed by atoms with van der Waals surface area (Å²) < 4.78 is 0. The topological polar surface area (TPSA) is 72.9 Å². The molecule has 1 aliphatic carbocycles. The number of piperidine rings is 1. The van der Waals surface area contributed by atoms with E-state index in [9.17, 15) is 9.59 Å². The third kappa shape index (κ3) is 3.15. The highest BCUT2D eigenvalue weighted by Gasteiger charge is 2.50. The lowest BCUT2D eigenvalue weighted by Gasteiger charge is -2.32. The Bertz CT molecular complexity index is 416. The number of carbonyl (C=O) groups is 2. The Balaban J connectivity index is 1.45. The van der Waals surface area contributed by atoms with Crippen LogP contribution in [0, 0.1) is 5.41 Å². The van der Waals surface area contributed by atoms with Crippen molar-refractivity contribution < 1.29 is 14.7 Å². The van der Waals surface area contributed by atoms with E-state index in [4.69, 9.17) is 5.11 Å². The Kier molecular flexibility index (Phi) is 4.06. The van der Waals surface area contributed by atoms with Gasteiger partial charge in [0.05, 0.1) is 5.41 Å². The van der Waals surface area contributed by atoms with Gasteiger partial charge in [0, 0.05) is 25.7 Å². The van der Waals surface area contributed by atoms with E-state index in [1.807, 2.05) is 4.90 Å². The van der Waals surface area contributed by atoms with Crippen molar-refractivity contribution in [1.29, 1.82) is 0 Å². The summed E-state index contributed by atoms with van der Waals surface area (Å²) in [6.07, 6.45) is 6.26. The third-order valence-corrected chi connectivity index (χ3v) is 5.24. The van der Waals surface area contributed by atoms with Crippen molar-refractivity contribution in [3.05, 3.63) is 0 Å². The van der Waals surface area contributed by atoms with Crippen LogP contribution in [-0.2, 0) is 4.79 Å². The van der Waals surface area contributed by atoms with E-state index in [-0.39, 0.29) is 12.6 Å². The zero-order valence-electron chi connectivity index (χ0n) is 12.5. The largest absolute Gasteiger partial charge is 0.481 e. The van der Waals surface area contributed by atoms with Crippen LogP contribution in [0.4, 0.5) is 4.79 Å². The van der Waals surface area contributed by atoms with Crippen molar-refractivity contribution in [3.63, 3.8) is 0 Å². The summed E-state index contributed by atoms with van der Waals surface area (Å²) in [4.78, 5) is 27.6. The van der Waals surface area contributed by atoms with Gasteiger partial charge >= 0.3 is 12.0 Å². The first-order valence-corrected chi connectivity index (χ1v) is 8.11. The van der Waals surface area contributed by atoms with Crippen LogP contribution >= 0.6 is 0 Å². The fourth-order valence-electron chi connectivity index (χ4n) is 3.48. The van der Waals surface area contributed by atoms with E-state index in [0.29, 0.717) is 18.9 Å². The molecule has 2 heterocycles. The number of likely N-dealkylation sites (tertiary alicyclic amines) is 2. The van der Waals surface area contributed by atoms with E-state index < -0.39 is 11.4 Å². The standard InChI is InChI=1S/C15H25N3O3/c19-13(20)15(5-6-15)11-16-14(21)18-9-4-12(10-18)17-7-2-1-3-8-17/h12H,1-11H2,(H,16,21)(H,19,20).